The number of carbonyl (C=O) groups is 1. The van der Waals surface area contributed by atoms with Gasteiger partial charge in [-0.2, -0.15) is 0 Å². The Bertz CT molecular complexity index is 923. The number of nitrogens with one attached hydrogen (secondary N) is 2. The lowest BCUT2D eigenvalue weighted by Crippen LogP contribution is -2.14. The van der Waals surface area contributed by atoms with Gasteiger partial charge in [-0.05, 0) is 35.7 Å². The molecule has 0 aliphatic heterocycles. The molecule has 1 amide bonds. The fraction of sp³-hybridized carbons (Fsp3) is 0.190. The van der Waals surface area contributed by atoms with Gasteiger partial charge >= 0.3 is 0 Å². The molecule has 1 aromatic heterocycles. The first-order valence-corrected chi connectivity index (χ1v) is 8.69. The lowest BCUT2D eigenvalue weighted by atomic mass is 10.0. The molecule has 0 aliphatic rings. The molecule has 0 bridgehead atoms. The Morgan fingerprint density at radius 2 is 1.78 bits per heavy atom. The molecule has 27 heavy (non-hydrogen) atoms. The fourth-order valence-corrected chi connectivity index (χ4v) is 2.55. The van der Waals surface area contributed by atoms with Crippen LogP contribution >= 0.6 is 0 Å². The first-order chi connectivity index (χ1) is 13.0. The standard InChI is InChI=1S/C21H22N4O2/c1-14(2)15-7-9-16(10-8-15)24-20-12-19(22-13-23-20)21(26)25-17-5-4-6-18(11-17)27-3/h4-14H,1-3H3,(H,25,26)(H,22,23,24). The number of rotatable bonds is 6. The average molecular weight is 362 g/mol. The number of benzene rings is 2. The molecule has 0 atom stereocenters. The summed E-state index contributed by atoms with van der Waals surface area (Å²) in [5.41, 5.74) is 3.07. The quantitative estimate of drug-likeness (QED) is 0.670. The molecule has 1 heterocycles. The van der Waals surface area contributed by atoms with Crippen LogP contribution < -0.4 is 15.4 Å². The molecular formula is C21H22N4O2. The summed E-state index contributed by atoms with van der Waals surface area (Å²) in [4.78, 5) is 20.7. The van der Waals surface area contributed by atoms with Gasteiger partial charge in [0.2, 0.25) is 0 Å². The van der Waals surface area contributed by atoms with E-state index < -0.39 is 0 Å². The van der Waals surface area contributed by atoms with Crippen LogP contribution in [0.4, 0.5) is 17.2 Å². The second-order valence-electron chi connectivity index (χ2n) is 6.38. The third-order valence-electron chi connectivity index (χ3n) is 4.08. The second-order valence-corrected chi connectivity index (χ2v) is 6.38. The number of methoxy groups -OCH3 is 1. The highest BCUT2D eigenvalue weighted by Gasteiger charge is 2.10. The van der Waals surface area contributed by atoms with Gasteiger partial charge in [0.1, 0.15) is 23.6 Å². The normalized spacial score (nSPS) is 10.5. The highest BCUT2D eigenvalue weighted by molar-refractivity contribution is 6.03. The van der Waals surface area contributed by atoms with Crippen molar-refractivity contribution < 1.29 is 9.53 Å². The van der Waals surface area contributed by atoms with Crippen LogP contribution in [0.3, 0.4) is 0 Å². The molecule has 0 spiro atoms. The molecule has 138 valence electrons. The number of aromatic nitrogens is 2. The Hall–Kier alpha value is -3.41. The number of hydrogen-bond donors (Lipinski definition) is 2. The Morgan fingerprint density at radius 3 is 2.48 bits per heavy atom. The van der Waals surface area contributed by atoms with Gasteiger partial charge in [0.25, 0.3) is 5.91 Å². The Morgan fingerprint density at radius 1 is 1.00 bits per heavy atom. The maximum atomic E-state index is 12.5. The fourth-order valence-electron chi connectivity index (χ4n) is 2.55. The number of hydrogen-bond acceptors (Lipinski definition) is 5. The van der Waals surface area contributed by atoms with E-state index in [1.165, 1.54) is 11.9 Å². The lowest BCUT2D eigenvalue weighted by Gasteiger charge is -2.10. The molecule has 0 radical (unpaired) electrons. The van der Waals surface area contributed by atoms with Crippen molar-refractivity contribution in [2.45, 2.75) is 19.8 Å². The van der Waals surface area contributed by atoms with Crippen molar-refractivity contribution in [3.05, 3.63) is 72.2 Å². The first kappa shape index (κ1) is 18.4. The summed E-state index contributed by atoms with van der Waals surface area (Å²) in [7, 11) is 1.58. The van der Waals surface area contributed by atoms with Crippen molar-refractivity contribution >= 4 is 23.1 Å². The van der Waals surface area contributed by atoms with Gasteiger partial charge in [0, 0.05) is 23.5 Å². The van der Waals surface area contributed by atoms with Gasteiger partial charge < -0.3 is 15.4 Å². The molecule has 0 unspecified atom stereocenters. The molecular weight excluding hydrogens is 340 g/mol. The Labute approximate surface area is 158 Å². The summed E-state index contributed by atoms with van der Waals surface area (Å²) < 4.78 is 5.16. The van der Waals surface area contributed by atoms with E-state index in [9.17, 15) is 4.79 Å². The first-order valence-electron chi connectivity index (χ1n) is 8.69. The number of nitrogens with zero attached hydrogens (tertiary/aromatic N) is 2. The van der Waals surface area contributed by atoms with Gasteiger partial charge in [-0.15, -0.1) is 0 Å². The summed E-state index contributed by atoms with van der Waals surface area (Å²) >= 11 is 0. The van der Waals surface area contributed by atoms with E-state index in [4.69, 9.17) is 4.74 Å². The number of amides is 1. The van der Waals surface area contributed by atoms with Crippen molar-refractivity contribution in [2.75, 3.05) is 17.7 Å². The maximum Gasteiger partial charge on any atom is 0.274 e. The molecule has 0 saturated carbocycles. The molecule has 0 saturated heterocycles. The van der Waals surface area contributed by atoms with Crippen LogP contribution in [-0.4, -0.2) is 23.0 Å². The van der Waals surface area contributed by atoms with Crippen LogP contribution in [-0.2, 0) is 0 Å². The van der Waals surface area contributed by atoms with Crippen LogP contribution in [0, 0.1) is 0 Å². The van der Waals surface area contributed by atoms with E-state index in [1.807, 2.05) is 24.3 Å². The Balaban J connectivity index is 1.71. The van der Waals surface area contributed by atoms with E-state index >= 15 is 0 Å². The van der Waals surface area contributed by atoms with Gasteiger partial charge in [-0.1, -0.05) is 32.0 Å². The Kier molecular flexibility index (Phi) is 5.66. The van der Waals surface area contributed by atoms with Crippen molar-refractivity contribution in [1.29, 1.82) is 0 Å². The highest BCUT2D eigenvalue weighted by atomic mass is 16.5. The van der Waals surface area contributed by atoms with Crippen LogP contribution in [0.1, 0.15) is 35.8 Å². The molecule has 0 fully saturated rings. The topological polar surface area (TPSA) is 76.1 Å². The van der Waals surface area contributed by atoms with Crippen LogP contribution in [0.5, 0.6) is 5.75 Å². The number of ether oxygens (including phenoxy) is 1. The summed E-state index contributed by atoms with van der Waals surface area (Å²) in [6.45, 7) is 4.31. The predicted octanol–water partition coefficient (Wildman–Crippen LogP) is 4.60. The van der Waals surface area contributed by atoms with Gasteiger partial charge in [0.05, 0.1) is 7.11 Å². The predicted molar refractivity (Wildman–Crippen MR) is 107 cm³/mol. The zero-order valence-corrected chi connectivity index (χ0v) is 15.6. The van der Waals surface area contributed by atoms with Crippen molar-refractivity contribution in [3.63, 3.8) is 0 Å². The summed E-state index contributed by atoms with van der Waals surface area (Å²) in [5, 5.41) is 6.00. The average Bonchev–Trinajstić information content (AvgIpc) is 2.68. The van der Waals surface area contributed by atoms with Gasteiger partial charge in [-0.3, -0.25) is 4.79 Å². The monoisotopic (exact) mass is 362 g/mol. The molecule has 2 aromatic carbocycles. The third-order valence-corrected chi connectivity index (χ3v) is 4.08. The largest absolute Gasteiger partial charge is 0.497 e. The van der Waals surface area contributed by atoms with Crippen molar-refractivity contribution in [1.82, 2.24) is 9.97 Å². The number of anilines is 3. The zero-order chi connectivity index (χ0) is 19.2. The van der Waals surface area contributed by atoms with E-state index in [1.54, 1.807) is 25.3 Å². The van der Waals surface area contributed by atoms with E-state index in [0.29, 0.717) is 23.2 Å². The molecule has 2 N–H and O–H groups in total. The molecule has 3 aromatic rings. The molecule has 0 aliphatic carbocycles. The van der Waals surface area contributed by atoms with E-state index in [-0.39, 0.29) is 11.6 Å². The smallest absolute Gasteiger partial charge is 0.274 e. The minimum absolute atomic E-state index is 0.272. The molecule has 6 nitrogen and oxygen atoms in total. The molecule has 3 rings (SSSR count). The zero-order valence-electron chi connectivity index (χ0n) is 15.6. The van der Waals surface area contributed by atoms with Crippen LogP contribution in [0.25, 0.3) is 0 Å². The summed E-state index contributed by atoms with van der Waals surface area (Å²) in [6, 6.07) is 16.9. The van der Waals surface area contributed by atoms with Gasteiger partial charge in [-0.25, -0.2) is 9.97 Å². The minimum Gasteiger partial charge on any atom is -0.497 e. The van der Waals surface area contributed by atoms with Gasteiger partial charge in [0.15, 0.2) is 0 Å². The van der Waals surface area contributed by atoms with E-state index in [0.717, 1.165) is 5.69 Å². The summed E-state index contributed by atoms with van der Waals surface area (Å²) in [6.07, 6.45) is 1.37. The van der Waals surface area contributed by atoms with Crippen molar-refractivity contribution in [2.24, 2.45) is 0 Å². The lowest BCUT2D eigenvalue weighted by molar-refractivity contribution is 0.102. The SMILES string of the molecule is COc1cccc(NC(=O)c2cc(Nc3ccc(C(C)C)cc3)ncn2)c1. The third kappa shape index (κ3) is 4.82. The van der Waals surface area contributed by atoms with Crippen molar-refractivity contribution in [3.8, 4) is 5.75 Å². The number of carbonyl (C=O) groups excluding carboxylic acids is 1. The van der Waals surface area contributed by atoms with E-state index in [2.05, 4.69) is 46.6 Å². The summed E-state index contributed by atoms with van der Waals surface area (Å²) in [5.74, 6) is 1.38. The van der Waals surface area contributed by atoms with Crippen LogP contribution in [0.2, 0.25) is 0 Å². The minimum atomic E-state index is -0.316. The molecule has 6 heteroatoms. The second kappa shape index (κ2) is 8.31. The maximum absolute atomic E-state index is 12.5. The highest BCUT2D eigenvalue weighted by Crippen LogP contribution is 2.20. The van der Waals surface area contributed by atoms with Crippen LogP contribution in [0.15, 0.2) is 60.9 Å².